The molecule has 0 amide bonds. The molecule has 0 spiro atoms. The van der Waals surface area contributed by atoms with Gasteiger partial charge in [0.25, 0.3) is 0 Å². The lowest BCUT2D eigenvalue weighted by Gasteiger charge is -2.33. The van der Waals surface area contributed by atoms with Gasteiger partial charge in [0.05, 0.1) is 12.0 Å². The van der Waals surface area contributed by atoms with Crippen molar-refractivity contribution in [3.8, 4) is 23.0 Å². The van der Waals surface area contributed by atoms with E-state index in [1.54, 1.807) is 0 Å². The number of ether oxygens (including phenoxy) is 1. The molecule has 1 aliphatic rings. The summed E-state index contributed by atoms with van der Waals surface area (Å²) in [7, 11) is 0. The summed E-state index contributed by atoms with van der Waals surface area (Å²) >= 11 is 0. The Hall–Kier alpha value is -2.93. The van der Waals surface area contributed by atoms with Gasteiger partial charge in [0.15, 0.2) is 11.5 Å². The van der Waals surface area contributed by atoms with Crippen LogP contribution in [-0.2, 0) is 11.2 Å². The van der Waals surface area contributed by atoms with Crippen molar-refractivity contribution in [2.75, 3.05) is 0 Å². The van der Waals surface area contributed by atoms with Crippen molar-refractivity contribution in [3.63, 3.8) is 0 Å². The normalized spacial score (nSPS) is 19.0. The number of phenolic OH excluding ortho intramolecular Hbond substituents is 3. The third-order valence-corrected chi connectivity index (χ3v) is 5.59. The van der Waals surface area contributed by atoms with Gasteiger partial charge in [0, 0.05) is 18.1 Å². The van der Waals surface area contributed by atoms with Crippen LogP contribution < -0.4 is 4.74 Å². The highest BCUT2D eigenvalue weighted by Crippen LogP contribution is 2.43. The fraction of sp³-hybridized carbons (Fsp3) is 0.435. The Balaban J connectivity index is 1.92. The van der Waals surface area contributed by atoms with Gasteiger partial charge >= 0.3 is 5.97 Å². The van der Waals surface area contributed by atoms with E-state index >= 15 is 0 Å². The van der Waals surface area contributed by atoms with E-state index in [1.807, 2.05) is 0 Å². The van der Waals surface area contributed by atoms with Crippen LogP contribution in [0.25, 0.3) is 0 Å². The Morgan fingerprint density at radius 1 is 1.10 bits per heavy atom. The van der Waals surface area contributed by atoms with E-state index in [0.717, 1.165) is 25.7 Å². The molecule has 7 heteroatoms. The smallest absolute Gasteiger partial charge is 0.310 e. The van der Waals surface area contributed by atoms with Gasteiger partial charge in [-0.2, -0.15) is 0 Å². The first-order valence-electron chi connectivity index (χ1n) is 10.3. The first-order chi connectivity index (χ1) is 14.3. The summed E-state index contributed by atoms with van der Waals surface area (Å²) in [6, 6.07) is 7.01. The van der Waals surface area contributed by atoms with Crippen LogP contribution in [0, 0.1) is 0 Å². The second-order valence-electron chi connectivity index (χ2n) is 7.81. The number of phenols is 3. The second-order valence-corrected chi connectivity index (χ2v) is 7.81. The van der Waals surface area contributed by atoms with Crippen LogP contribution in [0.2, 0.25) is 0 Å². The molecule has 0 bridgehead atoms. The topological polar surface area (TPSA) is 127 Å². The van der Waals surface area contributed by atoms with E-state index in [9.17, 15) is 30.3 Å². The number of carboxylic acids is 1. The first kappa shape index (κ1) is 21.8. The quantitative estimate of drug-likeness (QED) is 0.325. The molecule has 7 nitrogen and oxygen atoms in total. The minimum absolute atomic E-state index is 0.104. The number of aliphatic hydroxyl groups is 1. The van der Waals surface area contributed by atoms with Crippen molar-refractivity contribution < 1.29 is 35.1 Å². The molecule has 2 unspecified atom stereocenters. The average molecular weight is 416 g/mol. The number of benzene rings is 2. The molecule has 0 saturated carbocycles. The van der Waals surface area contributed by atoms with Crippen LogP contribution in [-0.4, -0.2) is 37.6 Å². The molecule has 5 N–H and O–H groups in total. The van der Waals surface area contributed by atoms with Gasteiger partial charge in [-0.05, 0) is 35.7 Å². The van der Waals surface area contributed by atoms with Crippen LogP contribution in [0.5, 0.6) is 23.0 Å². The third-order valence-electron chi connectivity index (χ3n) is 5.59. The summed E-state index contributed by atoms with van der Waals surface area (Å²) in [4.78, 5) is 12.0. The molecule has 0 aromatic heterocycles. The number of carboxylic acid groups (broad SMARTS) is 1. The second kappa shape index (κ2) is 9.26. The van der Waals surface area contributed by atoms with Crippen LogP contribution in [0.3, 0.4) is 0 Å². The number of fused-ring (bicyclic) bond motifs is 1. The third kappa shape index (κ3) is 4.62. The van der Waals surface area contributed by atoms with Gasteiger partial charge < -0.3 is 30.3 Å². The molecule has 0 saturated heterocycles. The number of hydrogen-bond donors (Lipinski definition) is 5. The molecule has 30 heavy (non-hydrogen) atoms. The molecule has 0 radical (unpaired) electrons. The number of hydrogen-bond acceptors (Lipinski definition) is 6. The van der Waals surface area contributed by atoms with Gasteiger partial charge in [-0.15, -0.1) is 0 Å². The van der Waals surface area contributed by atoms with Crippen LogP contribution in [0.4, 0.5) is 0 Å². The molecular formula is C23H28O7. The average Bonchev–Trinajstić information content (AvgIpc) is 2.69. The van der Waals surface area contributed by atoms with Crippen molar-refractivity contribution >= 4 is 5.97 Å². The summed E-state index contributed by atoms with van der Waals surface area (Å²) in [5, 5.41) is 50.0. The van der Waals surface area contributed by atoms with E-state index in [4.69, 9.17) is 4.74 Å². The maximum absolute atomic E-state index is 12.0. The van der Waals surface area contributed by atoms with Crippen LogP contribution >= 0.6 is 0 Å². The number of aliphatic carboxylic acids is 1. The van der Waals surface area contributed by atoms with Crippen molar-refractivity contribution in [3.05, 3.63) is 47.0 Å². The Bertz CT molecular complexity index is 909. The molecule has 2 aromatic carbocycles. The zero-order chi connectivity index (χ0) is 21.8. The number of aliphatic hydroxyl groups excluding tert-OH is 1. The van der Waals surface area contributed by atoms with Gasteiger partial charge in [-0.3, -0.25) is 4.79 Å². The van der Waals surface area contributed by atoms with E-state index < -0.39 is 24.1 Å². The lowest BCUT2D eigenvalue weighted by molar-refractivity contribution is -0.139. The van der Waals surface area contributed by atoms with Crippen molar-refractivity contribution in [2.24, 2.45) is 0 Å². The molecule has 0 fully saturated rings. The summed E-state index contributed by atoms with van der Waals surface area (Å²) in [5.74, 6) is -2.17. The first-order valence-corrected chi connectivity index (χ1v) is 10.3. The van der Waals surface area contributed by atoms with E-state index in [-0.39, 0.29) is 23.7 Å². The van der Waals surface area contributed by atoms with Gasteiger partial charge in [0.2, 0.25) is 0 Å². The molecule has 3 rings (SSSR count). The highest BCUT2D eigenvalue weighted by molar-refractivity contribution is 5.77. The maximum atomic E-state index is 12.0. The molecule has 162 valence electrons. The Kier molecular flexibility index (Phi) is 6.72. The fourth-order valence-corrected chi connectivity index (χ4v) is 4.01. The van der Waals surface area contributed by atoms with Crippen LogP contribution in [0.1, 0.15) is 67.7 Å². The van der Waals surface area contributed by atoms with Gasteiger partial charge in [-0.1, -0.05) is 38.7 Å². The monoisotopic (exact) mass is 416 g/mol. The minimum atomic E-state index is -0.987. The Morgan fingerprint density at radius 3 is 2.53 bits per heavy atom. The van der Waals surface area contributed by atoms with Gasteiger partial charge in [-0.25, -0.2) is 0 Å². The van der Waals surface area contributed by atoms with Crippen LogP contribution in [0.15, 0.2) is 30.3 Å². The molecule has 3 atom stereocenters. The van der Waals surface area contributed by atoms with Crippen molar-refractivity contribution in [1.29, 1.82) is 0 Å². The van der Waals surface area contributed by atoms with E-state index in [2.05, 4.69) is 6.92 Å². The Morgan fingerprint density at radius 2 is 1.87 bits per heavy atom. The highest BCUT2D eigenvalue weighted by Gasteiger charge is 2.35. The van der Waals surface area contributed by atoms with E-state index in [0.29, 0.717) is 28.9 Å². The van der Waals surface area contributed by atoms with E-state index in [1.165, 1.54) is 30.3 Å². The molecule has 2 aromatic rings. The molecular weight excluding hydrogens is 388 g/mol. The number of carbonyl (C=O) groups is 1. The predicted molar refractivity (Wildman–Crippen MR) is 110 cm³/mol. The summed E-state index contributed by atoms with van der Waals surface area (Å²) in [6.07, 6.45) is 2.56. The predicted octanol–water partition coefficient (Wildman–Crippen LogP) is 3.98. The number of unbranched alkanes of at least 4 members (excludes halogenated alkanes) is 3. The lowest BCUT2D eigenvalue weighted by atomic mass is 9.84. The number of aromatic hydroxyl groups is 3. The minimum Gasteiger partial charge on any atom is -0.508 e. The standard InChI is InChI=1S/C23H28O7/c1-2-3-4-5-6-15(23(28)29)16-10-14(24)11-21-17(16)12-20(27)22(30-21)13-7-8-18(25)19(26)9-13/h7-11,15,20,22,24-27H,2-6,12H2,1H3,(H,28,29)/t15?,20-,22?/m0/s1. The fourth-order valence-electron chi connectivity index (χ4n) is 4.01. The largest absolute Gasteiger partial charge is 0.508 e. The molecule has 0 aliphatic carbocycles. The zero-order valence-corrected chi connectivity index (χ0v) is 16.9. The lowest BCUT2D eigenvalue weighted by Crippen LogP contribution is -2.31. The summed E-state index contributed by atoms with van der Waals surface area (Å²) < 4.78 is 5.92. The van der Waals surface area contributed by atoms with Crippen molar-refractivity contribution in [1.82, 2.24) is 0 Å². The summed E-state index contributed by atoms with van der Waals surface area (Å²) in [5.41, 5.74) is 1.49. The number of rotatable bonds is 8. The SMILES string of the molecule is CCCCCCC(C(=O)O)c1cc(O)cc2c1C[C@H](O)C(c1ccc(O)c(O)c1)O2. The summed E-state index contributed by atoms with van der Waals surface area (Å²) in [6.45, 7) is 2.09. The molecule has 1 heterocycles. The Labute approximate surface area is 175 Å². The zero-order valence-electron chi connectivity index (χ0n) is 16.9. The van der Waals surface area contributed by atoms with Crippen molar-refractivity contribution in [2.45, 2.75) is 63.6 Å². The highest BCUT2D eigenvalue weighted by atomic mass is 16.5. The van der Waals surface area contributed by atoms with Gasteiger partial charge in [0.1, 0.15) is 17.6 Å². The molecule has 1 aliphatic heterocycles. The maximum Gasteiger partial charge on any atom is 0.310 e.